The lowest BCUT2D eigenvalue weighted by molar-refractivity contribution is -0.137. The van der Waals surface area contributed by atoms with Crippen LogP contribution in [0.15, 0.2) is 60.7 Å². The van der Waals surface area contributed by atoms with Gasteiger partial charge in [0.1, 0.15) is 0 Å². The molecule has 1 fully saturated rings. The van der Waals surface area contributed by atoms with Gasteiger partial charge < -0.3 is 15.5 Å². The van der Waals surface area contributed by atoms with E-state index in [-0.39, 0.29) is 17.9 Å². The monoisotopic (exact) mass is 537 g/mol. The minimum Gasteiger partial charge on any atom is -0.382 e. The largest absolute Gasteiger partial charge is 0.416 e. The molecule has 0 radical (unpaired) electrons. The van der Waals surface area contributed by atoms with Crippen LogP contribution in [-0.2, 0) is 11.0 Å². The highest BCUT2D eigenvalue weighted by atomic mass is 19.4. The maximum absolute atomic E-state index is 13.5. The van der Waals surface area contributed by atoms with E-state index in [0.29, 0.717) is 60.9 Å². The van der Waals surface area contributed by atoms with Gasteiger partial charge in [0.15, 0.2) is 5.82 Å². The van der Waals surface area contributed by atoms with Crippen molar-refractivity contribution >= 4 is 29.1 Å². The number of carbonyl (C=O) groups excluding carboxylic acids is 2. The van der Waals surface area contributed by atoms with Gasteiger partial charge in [0, 0.05) is 49.8 Å². The smallest absolute Gasteiger partial charge is 0.382 e. The number of aromatic nitrogens is 1. The topological polar surface area (TPSA) is 77.6 Å². The highest BCUT2D eigenvalue weighted by Gasteiger charge is 2.31. The van der Waals surface area contributed by atoms with Crippen molar-refractivity contribution < 1.29 is 22.8 Å². The van der Waals surface area contributed by atoms with Crippen molar-refractivity contribution in [1.82, 2.24) is 9.88 Å². The molecule has 0 bridgehead atoms. The number of alkyl halides is 3. The van der Waals surface area contributed by atoms with E-state index < -0.39 is 11.7 Å². The molecule has 0 spiro atoms. The molecular weight excluding hydrogens is 507 g/mol. The fraction of sp³-hybridized carbons (Fsp3) is 0.345. The van der Waals surface area contributed by atoms with Gasteiger partial charge in [-0.25, -0.2) is 9.78 Å². The molecule has 3 aromatic rings. The Kier molecular flexibility index (Phi) is 7.45. The quantitative estimate of drug-likeness (QED) is 0.407. The Hall–Kier alpha value is -4.08. The highest BCUT2D eigenvalue weighted by molar-refractivity contribution is 6.03. The summed E-state index contributed by atoms with van der Waals surface area (Å²) in [6, 6.07) is 15.7. The van der Waals surface area contributed by atoms with Crippen molar-refractivity contribution in [2.75, 3.05) is 41.7 Å². The molecule has 5 rings (SSSR count). The average Bonchev–Trinajstić information content (AvgIpc) is 3.33. The molecule has 204 valence electrons. The Labute approximate surface area is 225 Å². The lowest BCUT2D eigenvalue weighted by Crippen LogP contribution is -2.36. The third kappa shape index (κ3) is 5.84. The second-order valence-corrected chi connectivity index (χ2v) is 9.81. The summed E-state index contributed by atoms with van der Waals surface area (Å²) in [5.41, 5.74) is 2.23. The van der Waals surface area contributed by atoms with Crippen LogP contribution in [0.25, 0.3) is 11.3 Å². The molecule has 10 heteroatoms. The van der Waals surface area contributed by atoms with E-state index in [1.54, 1.807) is 18.2 Å². The number of rotatable bonds is 4. The summed E-state index contributed by atoms with van der Waals surface area (Å²) in [6.07, 6.45) is -2.44. The molecule has 0 aliphatic carbocycles. The van der Waals surface area contributed by atoms with E-state index in [1.807, 2.05) is 36.1 Å². The van der Waals surface area contributed by atoms with E-state index >= 15 is 0 Å². The van der Waals surface area contributed by atoms with Gasteiger partial charge in [-0.15, -0.1) is 0 Å². The number of halogens is 3. The maximum atomic E-state index is 13.5. The van der Waals surface area contributed by atoms with Crippen molar-refractivity contribution in [2.45, 2.75) is 38.3 Å². The van der Waals surface area contributed by atoms with Crippen LogP contribution in [0, 0.1) is 0 Å². The first-order valence-electron chi connectivity index (χ1n) is 13.1. The number of pyridine rings is 1. The first kappa shape index (κ1) is 26.5. The molecule has 2 N–H and O–H groups in total. The summed E-state index contributed by atoms with van der Waals surface area (Å²) in [6.45, 7) is 4.27. The number of hydrogen-bond donors (Lipinski definition) is 2. The van der Waals surface area contributed by atoms with E-state index in [4.69, 9.17) is 0 Å². The van der Waals surface area contributed by atoms with Gasteiger partial charge >= 0.3 is 12.2 Å². The van der Waals surface area contributed by atoms with Crippen LogP contribution in [0.2, 0.25) is 0 Å². The molecule has 1 aromatic heterocycles. The number of urea groups is 1. The van der Waals surface area contributed by atoms with Crippen LogP contribution in [0.5, 0.6) is 0 Å². The fourth-order valence-electron chi connectivity index (χ4n) is 5.12. The van der Waals surface area contributed by atoms with Crippen molar-refractivity contribution in [3.05, 3.63) is 71.8 Å². The number of likely N-dealkylation sites (tertiary alicyclic amines) is 1. The van der Waals surface area contributed by atoms with Crippen LogP contribution in [0.4, 0.5) is 35.2 Å². The molecule has 0 saturated carbocycles. The average molecular weight is 538 g/mol. The zero-order valence-corrected chi connectivity index (χ0v) is 21.6. The summed E-state index contributed by atoms with van der Waals surface area (Å²) in [5, 5.41) is 6.22. The van der Waals surface area contributed by atoms with Crippen molar-refractivity contribution in [1.29, 1.82) is 0 Å². The van der Waals surface area contributed by atoms with Gasteiger partial charge in [-0.2, -0.15) is 13.2 Å². The molecular formula is C29H30F3N5O2. The Bertz CT molecular complexity index is 1380. The lowest BCUT2D eigenvalue weighted by atomic mass is 9.98. The van der Waals surface area contributed by atoms with Gasteiger partial charge in [-0.1, -0.05) is 31.2 Å². The summed E-state index contributed by atoms with van der Waals surface area (Å²) in [7, 11) is 0. The molecule has 2 aliphatic heterocycles. The van der Waals surface area contributed by atoms with Gasteiger partial charge in [0.2, 0.25) is 5.91 Å². The van der Waals surface area contributed by atoms with E-state index in [9.17, 15) is 22.8 Å². The van der Waals surface area contributed by atoms with E-state index in [1.165, 1.54) is 11.0 Å². The molecule has 1 saturated heterocycles. The molecule has 2 aromatic carbocycles. The van der Waals surface area contributed by atoms with Crippen LogP contribution >= 0.6 is 0 Å². The van der Waals surface area contributed by atoms with Gasteiger partial charge in [0.25, 0.3) is 0 Å². The van der Waals surface area contributed by atoms with Crippen LogP contribution in [-0.4, -0.2) is 48.0 Å². The first-order chi connectivity index (χ1) is 18.7. The molecule has 39 heavy (non-hydrogen) atoms. The van der Waals surface area contributed by atoms with Gasteiger partial charge in [-0.05, 0) is 54.8 Å². The zero-order chi connectivity index (χ0) is 27.6. The molecule has 7 nitrogen and oxygen atoms in total. The van der Waals surface area contributed by atoms with E-state index in [2.05, 4.69) is 15.6 Å². The molecule has 1 unspecified atom stereocenters. The first-order valence-corrected chi connectivity index (χ1v) is 13.1. The van der Waals surface area contributed by atoms with Crippen LogP contribution in [0.1, 0.15) is 43.2 Å². The number of nitrogens with one attached hydrogen (secondary N) is 2. The number of hydrogen-bond acceptors (Lipinski definition) is 4. The number of anilines is 3. The summed E-state index contributed by atoms with van der Waals surface area (Å²) < 4.78 is 39.8. The molecule has 3 amide bonds. The number of nitrogens with zero attached hydrogens (tertiary/aromatic N) is 3. The van der Waals surface area contributed by atoms with Crippen LogP contribution < -0.4 is 15.5 Å². The summed E-state index contributed by atoms with van der Waals surface area (Å²) in [4.78, 5) is 33.6. The molecule has 1 atom stereocenters. The number of amides is 3. The predicted octanol–water partition coefficient (Wildman–Crippen LogP) is 6.35. The number of fused-ring (bicyclic) bond motifs is 1. The lowest BCUT2D eigenvalue weighted by Gasteiger charge is -2.23. The van der Waals surface area contributed by atoms with Crippen molar-refractivity contribution in [2.24, 2.45) is 0 Å². The van der Waals surface area contributed by atoms with Crippen molar-refractivity contribution in [3.8, 4) is 11.3 Å². The third-order valence-corrected chi connectivity index (χ3v) is 7.19. The number of carbonyl (C=O) groups is 2. The van der Waals surface area contributed by atoms with Gasteiger partial charge in [0.05, 0.1) is 16.9 Å². The summed E-state index contributed by atoms with van der Waals surface area (Å²) in [5.74, 6) is 0.713. The van der Waals surface area contributed by atoms with Gasteiger partial charge in [-0.3, -0.25) is 9.69 Å². The van der Waals surface area contributed by atoms with E-state index in [0.717, 1.165) is 30.7 Å². The third-order valence-electron chi connectivity index (χ3n) is 7.19. The van der Waals surface area contributed by atoms with Crippen LogP contribution in [0.3, 0.4) is 0 Å². The SMILES string of the molecule is CCC(=O)N1CCC(c2cccc(NC(=O)N3CCCNc4ccc(-c5cccc(C(F)(F)F)c5)nc43)c2)C1. The Balaban J connectivity index is 1.37. The summed E-state index contributed by atoms with van der Waals surface area (Å²) >= 11 is 0. The Morgan fingerprint density at radius 3 is 2.69 bits per heavy atom. The Morgan fingerprint density at radius 2 is 1.90 bits per heavy atom. The second-order valence-electron chi connectivity index (χ2n) is 9.81. The minimum absolute atomic E-state index is 0.146. The second kappa shape index (κ2) is 11.0. The minimum atomic E-state index is -4.47. The normalized spacial score (nSPS) is 17.3. The predicted molar refractivity (Wildman–Crippen MR) is 145 cm³/mol. The zero-order valence-electron chi connectivity index (χ0n) is 21.6. The Morgan fingerprint density at radius 1 is 1.08 bits per heavy atom. The standard InChI is InChI=1S/C29H30F3N5O2/c1-2-26(38)36-15-12-21(18-36)19-6-4-9-23(17-19)34-28(39)37-14-5-13-33-25-11-10-24(35-27(25)37)20-7-3-8-22(16-20)29(30,31)32/h3-4,6-11,16-17,21,33H,2,5,12-15,18H2,1H3,(H,34,39). The maximum Gasteiger partial charge on any atom is 0.416 e. The molecule has 2 aliphatic rings. The van der Waals surface area contributed by atoms with Crippen molar-refractivity contribution in [3.63, 3.8) is 0 Å². The fourth-order valence-corrected chi connectivity index (χ4v) is 5.12. The highest BCUT2D eigenvalue weighted by Crippen LogP contribution is 2.35. The molecule has 3 heterocycles. The number of benzene rings is 2.